The van der Waals surface area contributed by atoms with E-state index >= 15 is 0 Å². The number of carbonyl (C=O) groups is 2. The van der Waals surface area contributed by atoms with Gasteiger partial charge in [-0.25, -0.2) is 0 Å². The predicted molar refractivity (Wildman–Crippen MR) is 71.1 cm³/mol. The molecule has 1 aliphatic heterocycles. The number of phenols is 1. The molecule has 19 heavy (non-hydrogen) atoms. The number of hydrogen-bond acceptors (Lipinski definition) is 4. The van der Waals surface area contributed by atoms with Gasteiger partial charge in [0.2, 0.25) is 5.91 Å². The Labute approximate surface area is 112 Å². The normalized spacial score (nSPS) is 17.3. The van der Waals surface area contributed by atoms with Gasteiger partial charge >= 0.3 is 0 Å². The van der Waals surface area contributed by atoms with Crippen molar-refractivity contribution >= 4 is 11.7 Å². The minimum absolute atomic E-state index is 0.0302. The molecule has 0 atom stereocenters. The van der Waals surface area contributed by atoms with Gasteiger partial charge in [0.05, 0.1) is 13.1 Å². The number of hydrogen-bond donors (Lipinski definition) is 1. The van der Waals surface area contributed by atoms with Gasteiger partial charge in [-0.05, 0) is 30.7 Å². The summed E-state index contributed by atoms with van der Waals surface area (Å²) in [4.78, 5) is 27.4. The summed E-state index contributed by atoms with van der Waals surface area (Å²) in [6, 6.07) is 6.19. The maximum atomic E-state index is 12.1. The van der Waals surface area contributed by atoms with Gasteiger partial charge in [-0.3, -0.25) is 14.5 Å². The molecule has 0 aliphatic carbocycles. The number of rotatable bonds is 3. The van der Waals surface area contributed by atoms with Crippen molar-refractivity contribution in [3.05, 3.63) is 29.8 Å². The van der Waals surface area contributed by atoms with E-state index in [0.29, 0.717) is 12.1 Å². The van der Waals surface area contributed by atoms with Crippen LogP contribution < -0.4 is 0 Å². The molecule has 1 aromatic rings. The van der Waals surface area contributed by atoms with Gasteiger partial charge < -0.3 is 10.0 Å². The van der Waals surface area contributed by atoms with Crippen molar-refractivity contribution in [2.45, 2.75) is 6.42 Å². The Hall–Kier alpha value is -1.88. The second-order valence-electron chi connectivity index (χ2n) is 4.85. The van der Waals surface area contributed by atoms with Gasteiger partial charge in [-0.15, -0.1) is 0 Å². The Balaban J connectivity index is 1.98. The second-order valence-corrected chi connectivity index (χ2v) is 4.85. The average Bonchev–Trinajstić information content (AvgIpc) is 2.53. The highest BCUT2D eigenvalue weighted by atomic mass is 16.3. The Morgan fingerprint density at radius 3 is 2.63 bits per heavy atom. The summed E-state index contributed by atoms with van der Waals surface area (Å²) >= 11 is 0. The van der Waals surface area contributed by atoms with E-state index in [1.807, 2.05) is 4.90 Å². The van der Waals surface area contributed by atoms with E-state index in [4.69, 9.17) is 0 Å². The molecule has 0 bridgehead atoms. The molecular weight excluding hydrogens is 244 g/mol. The Morgan fingerprint density at radius 1 is 1.26 bits per heavy atom. The molecule has 1 amide bonds. The molecule has 1 heterocycles. The molecule has 102 valence electrons. The van der Waals surface area contributed by atoms with Gasteiger partial charge in [0, 0.05) is 25.7 Å². The van der Waals surface area contributed by atoms with Crippen molar-refractivity contribution in [3.8, 4) is 5.75 Å². The SMILES string of the molecule is CN1CCCN(CC(=O)c2ccc(O)cc2)CC1=O. The highest BCUT2D eigenvalue weighted by Crippen LogP contribution is 2.11. The molecule has 1 saturated heterocycles. The first-order chi connectivity index (χ1) is 9.06. The van der Waals surface area contributed by atoms with Crippen LogP contribution in [0, 0.1) is 0 Å². The number of aromatic hydroxyl groups is 1. The molecule has 0 radical (unpaired) electrons. The summed E-state index contributed by atoms with van der Waals surface area (Å²) in [5.74, 6) is 0.163. The van der Waals surface area contributed by atoms with Crippen molar-refractivity contribution in [2.24, 2.45) is 0 Å². The Bertz CT molecular complexity index is 470. The molecule has 0 saturated carbocycles. The fourth-order valence-corrected chi connectivity index (χ4v) is 2.12. The molecule has 1 aliphatic rings. The minimum Gasteiger partial charge on any atom is -0.508 e. The van der Waals surface area contributed by atoms with Crippen LogP contribution in [0.15, 0.2) is 24.3 Å². The van der Waals surface area contributed by atoms with Gasteiger partial charge in [0.25, 0.3) is 0 Å². The summed E-state index contributed by atoms with van der Waals surface area (Å²) in [7, 11) is 1.79. The largest absolute Gasteiger partial charge is 0.508 e. The van der Waals surface area contributed by atoms with E-state index in [-0.39, 0.29) is 24.0 Å². The summed E-state index contributed by atoms with van der Waals surface area (Å²) in [6.07, 6.45) is 0.880. The quantitative estimate of drug-likeness (QED) is 0.816. The number of Topliss-reactive ketones (excluding diaryl/α,β-unsaturated/α-hetero) is 1. The first kappa shape index (κ1) is 13.5. The average molecular weight is 262 g/mol. The van der Waals surface area contributed by atoms with Gasteiger partial charge in [-0.1, -0.05) is 0 Å². The Morgan fingerprint density at radius 2 is 1.95 bits per heavy atom. The molecule has 1 aromatic carbocycles. The van der Waals surface area contributed by atoms with Crippen LogP contribution in [0.2, 0.25) is 0 Å². The molecule has 5 nitrogen and oxygen atoms in total. The number of ketones is 1. The lowest BCUT2D eigenvalue weighted by Gasteiger charge is -2.18. The van der Waals surface area contributed by atoms with Gasteiger partial charge in [0.1, 0.15) is 5.75 Å². The first-order valence-corrected chi connectivity index (χ1v) is 6.35. The highest BCUT2D eigenvalue weighted by molar-refractivity contribution is 5.98. The molecule has 5 heteroatoms. The predicted octanol–water partition coefficient (Wildman–Crippen LogP) is 0.739. The van der Waals surface area contributed by atoms with E-state index in [2.05, 4.69) is 0 Å². The van der Waals surface area contributed by atoms with Gasteiger partial charge in [0.15, 0.2) is 5.78 Å². The van der Waals surface area contributed by atoms with Gasteiger partial charge in [-0.2, -0.15) is 0 Å². The zero-order valence-corrected chi connectivity index (χ0v) is 11.0. The smallest absolute Gasteiger partial charge is 0.236 e. The molecular formula is C14H18N2O3. The third kappa shape index (κ3) is 3.54. The van der Waals surface area contributed by atoms with Crippen molar-refractivity contribution in [1.29, 1.82) is 0 Å². The van der Waals surface area contributed by atoms with E-state index in [0.717, 1.165) is 19.5 Å². The minimum atomic E-state index is -0.0302. The third-order valence-electron chi connectivity index (χ3n) is 3.31. The lowest BCUT2D eigenvalue weighted by atomic mass is 10.1. The number of nitrogens with zero attached hydrogens (tertiary/aromatic N) is 2. The van der Waals surface area contributed by atoms with E-state index in [1.165, 1.54) is 12.1 Å². The summed E-state index contributed by atoms with van der Waals surface area (Å²) < 4.78 is 0. The van der Waals surface area contributed by atoms with Crippen LogP contribution >= 0.6 is 0 Å². The first-order valence-electron chi connectivity index (χ1n) is 6.35. The summed E-state index contributed by atoms with van der Waals surface area (Å²) in [6.45, 7) is 2.02. The molecule has 0 aromatic heterocycles. The standard InChI is InChI=1S/C14H18N2O3/c1-15-7-2-8-16(10-14(15)19)9-13(18)11-3-5-12(17)6-4-11/h3-6,17H,2,7-10H2,1H3. The number of amides is 1. The molecule has 2 rings (SSSR count). The van der Waals surface area contributed by atoms with E-state index in [1.54, 1.807) is 24.1 Å². The lowest BCUT2D eigenvalue weighted by Crippen LogP contribution is -2.37. The third-order valence-corrected chi connectivity index (χ3v) is 3.31. The maximum absolute atomic E-state index is 12.1. The van der Waals surface area contributed by atoms with Crippen molar-refractivity contribution in [2.75, 3.05) is 33.2 Å². The van der Waals surface area contributed by atoms with Crippen LogP contribution in [0.4, 0.5) is 0 Å². The second kappa shape index (κ2) is 5.84. The van der Waals surface area contributed by atoms with Crippen LogP contribution in [0.25, 0.3) is 0 Å². The van der Waals surface area contributed by atoms with Crippen LogP contribution in [-0.2, 0) is 4.79 Å². The zero-order valence-electron chi connectivity index (χ0n) is 11.0. The van der Waals surface area contributed by atoms with Crippen LogP contribution in [-0.4, -0.2) is 59.8 Å². The monoisotopic (exact) mass is 262 g/mol. The molecule has 1 fully saturated rings. The maximum Gasteiger partial charge on any atom is 0.236 e. The van der Waals surface area contributed by atoms with Crippen molar-refractivity contribution in [1.82, 2.24) is 9.80 Å². The number of benzene rings is 1. The molecule has 0 unspecified atom stereocenters. The van der Waals surface area contributed by atoms with Crippen LogP contribution in [0.5, 0.6) is 5.75 Å². The zero-order chi connectivity index (χ0) is 13.8. The summed E-state index contributed by atoms with van der Waals surface area (Å²) in [5, 5.41) is 9.19. The van der Waals surface area contributed by atoms with Crippen LogP contribution in [0.1, 0.15) is 16.8 Å². The van der Waals surface area contributed by atoms with E-state index in [9.17, 15) is 14.7 Å². The fraction of sp³-hybridized carbons (Fsp3) is 0.429. The van der Waals surface area contributed by atoms with E-state index < -0.39 is 0 Å². The topological polar surface area (TPSA) is 60.9 Å². The van der Waals surface area contributed by atoms with Crippen molar-refractivity contribution in [3.63, 3.8) is 0 Å². The lowest BCUT2D eigenvalue weighted by molar-refractivity contribution is -0.129. The Kier molecular flexibility index (Phi) is 4.16. The van der Waals surface area contributed by atoms with Crippen molar-refractivity contribution < 1.29 is 14.7 Å². The highest BCUT2D eigenvalue weighted by Gasteiger charge is 2.21. The molecule has 1 N–H and O–H groups in total. The number of likely N-dealkylation sites (N-methyl/N-ethyl adjacent to an activating group) is 1. The van der Waals surface area contributed by atoms with Crippen LogP contribution in [0.3, 0.4) is 0 Å². The number of carbonyl (C=O) groups excluding carboxylic acids is 2. The summed E-state index contributed by atoms with van der Waals surface area (Å²) in [5.41, 5.74) is 0.558. The number of phenolic OH excluding ortho intramolecular Hbond substituents is 1. The fourth-order valence-electron chi connectivity index (χ4n) is 2.12. The molecule has 0 spiro atoms.